The van der Waals surface area contributed by atoms with Crippen molar-refractivity contribution in [1.82, 2.24) is 9.80 Å². The van der Waals surface area contributed by atoms with Crippen molar-refractivity contribution < 1.29 is 14.5 Å². The van der Waals surface area contributed by atoms with E-state index in [9.17, 15) is 14.9 Å². The van der Waals surface area contributed by atoms with Gasteiger partial charge >= 0.3 is 0 Å². The van der Waals surface area contributed by atoms with Crippen LogP contribution in [-0.4, -0.2) is 66.1 Å². The molecule has 2 fully saturated rings. The molecule has 0 saturated carbocycles. The summed E-state index contributed by atoms with van der Waals surface area (Å²) >= 11 is 0. The Hall–Kier alpha value is -1.99. The summed E-state index contributed by atoms with van der Waals surface area (Å²) in [6.07, 6.45) is 1.82. The first-order valence-electron chi connectivity index (χ1n) is 7.85. The molecule has 2 heterocycles. The van der Waals surface area contributed by atoms with Crippen LogP contribution in [0, 0.1) is 10.1 Å². The van der Waals surface area contributed by atoms with E-state index in [1.54, 1.807) is 17.0 Å². The van der Waals surface area contributed by atoms with Crippen molar-refractivity contribution in [3.8, 4) is 0 Å². The topological polar surface area (TPSA) is 75.9 Å². The fraction of sp³-hybridized carbons (Fsp3) is 0.562. The molecule has 0 aliphatic carbocycles. The number of benzene rings is 1. The van der Waals surface area contributed by atoms with E-state index >= 15 is 0 Å². The van der Waals surface area contributed by atoms with Gasteiger partial charge in [0.1, 0.15) is 0 Å². The van der Waals surface area contributed by atoms with Crippen LogP contribution in [0.1, 0.15) is 23.2 Å². The van der Waals surface area contributed by atoms with Gasteiger partial charge in [-0.25, -0.2) is 0 Å². The third kappa shape index (κ3) is 3.35. The minimum Gasteiger partial charge on any atom is -0.370 e. The number of hydrogen-bond acceptors (Lipinski definition) is 5. The van der Waals surface area contributed by atoms with Crippen molar-refractivity contribution in [3.05, 3.63) is 39.9 Å². The largest absolute Gasteiger partial charge is 0.370 e. The molecule has 7 nitrogen and oxygen atoms in total. The van der Waals surface area contributed by atoms with Crippen LogP contribution in [0.15, 0.2) is 24.3 Å². The summed E-state index contributed by atoms with van der Waals surface area (Å²) in [4.78, 5) is 27.1. The first kappa shape index (κ1) is 15.9. The third-order valence-electron chi connectivity index (χ3n) is 4.57. The molecule has 0 bridgehead atoms. The number of nitro groups is 1. The standard InChI is InChI=1S/C16H21N3O4/c1-17-8-9-23-16(11-17)6-3-7-18(12-16)15(20)13-4-2-5-14(10-13)19(21)22/h2,4-5,10H,3,6-9,11-12H2,1H3/t16-/m0/s1. The second-order valence-electron chi connectivity index (χ2n) is 6.41. The second-order valence-corrected chi connectivity index (χ2v) is 6.41. The molecule has 1 aromatic rings. The number of carbonyl (C=O) groups excluding carboxylic acids is 1. The summed E-state index contributed by atoms with van der Waals surface area (Å²) in [5.41, 5.74) is -0.00150. The molecule has 7 heteroatoms. The van der Waals surface area contributed by atoms with E-state index in [1.165, 1.54) is 12.1 Å². The number of non-ortho nitro benzene ring substituents is 1. The minimum absolute atomic E-state index is 0.0591. The molecule has 1 aromatic carbocycles. The van der Waals surface area contributed by atoms with Gasteiger partial charge < -0.3 is 14.5 Å². The molecule has 0 aromatic heterocycles. The van der Waals surface area contributed by atoms with Crippen LogP contribution in [0.5, 0.6) is 0 Å². The van der Waals surface area contributed by atoms with Gasteiger partial charge in [0.05, 0.1) is 23.7 Å². The molecule has 0 unspecified atom stereocenters. The highest BCUT2D eigenvalue weighted by atomic mass is 16.6. The Morgan fingerprint density at radius 2 is 2.17 bits per heavy atom. The highest BCUT2D eigenvalue weighted by Gasteiger charge is 2.41. The molecule has 0 radical (unpaired) electrons. The number of nitro benzene ring substituents is 1. The maximum Gasteiger partial charge on any atom is 0.270 e. The van der Waals surface area contributed by atoms with E-state index in [0.29, 0.717) is 25.3 Å². The van der Waals surface area contributed by atoms with Gasteiger partial charge in [0.2, 0.25) is 0 Å². The van der Waals surface area contributed by atoms with Crippen LogP contribution in [0.2, 0.25) is 0 Å². The number of nitrogens with zero attached hydrogens (tertiary/aromatic N) is 3. The molecule has 2 aliphatic heterocycles. The average molecular weight is 319 g/mol. The average Bonchev–Trinajstić information content (AvgIpc) is 2.54. The van der Waals surface area contributed by atoms with Crippen LogP contribution in [0.4, 0.5) is 5.69 Å². The SMILES string of the molecule is CN1CCO[C@@]2(CCCN(C(=O)c3cccc([N+](=O)[O-])c3)C2)C1. The van der Waals surface area contributed by atoms with E-state index in [4.69, 9.17) is 4.74 Å². The monoisotopic (exact) mass is 319 g/mol. The minimum atomic E-state index is -0.478. The number of hydrogen-bond donors (Lipinski definition) is 0. The predicted octanol–water partition coefficient (Wildman–Crippen LogP) is 1.53. The summed E-state index contributed by atoms with van der Waals surface area (Å²) in [5.74, 6) is -0.162. The van der Waals surface area contributed by atoms with E-state index in [0.717, 1.165) is 25.9 Å². The molecule has 1 spiro atoms. The lowest BCUT2D eigenvalue weighted by Gasteiger charge is -2.47. The smallest absolute Gasteiger partial charge is 0.270 e. The summed E-state index contributed by atoms with van der Waals surface area (Å²) < 4.78 is 6.01. The van der Waals surface area contributed by atoms with Crippen molar-refractivity contribution in [3.63, 3.8) is 0 Å². The lowest BCUT2D eigenvalue weighted by molar-refractivity contribution is -0.384. The zero-order chi connectivity index (χ0) is 16.4. The molecule has 2 saturated heterocycles. The normalized spacial score (nSPS) is 25.5. The van der Waals surface area contributed by atoms with Gasteiger partial charge in [-0.2, -0.15) is 0 Å². The molecule has 3 rings (SSSR count). The zero-order valence-electron chi connectivity index (χ0n) is 13.2. The number of ether oxygens (including phenoxy) is 1. The Kier molecular flexibility index (Phi) is 4.32. The van der Waals surface area contributed by atoms with E-state index in [-0.39, 0.29) is 17.2 Å². The third-order valence-corrected chi connectivity index (χ3v) is 4.57. The van der Waals surface area contributed by atoms with E-state index < -0.39 is 4.92 Å². The van der Waals surface area contributed by atoms with Gasteiger partial charge in [-0.1, -0.05) is 6.07 Å². The fourth-order valence-electron chi connectivity index (χ4n) is 3.49. The van der Waals surface area contributed by atoms with Crippen LogP contribution in [0.25, 0.3) is 0 Å². The summed E-state index contributed by atoms with van der Waals surface area (Å²) in [5, 5.41) is 10.9. The maximum atomic E-state index is 12.7. The fourth-order valence-corrected chi connectivity index (χ4v) is 3.49. The van der Waals surface area contributed by atoms with Gasteiger partial charge in [-0.15, -0.1) is 0 Å². The van der Waals surface area contributed by atoms with Crippen molar-refractivity contribution in [1.29, 1.82) is 0 Å². The zero-order valence-corrected chi connectivity index (χ0v) is 13.2. The molecule has 0 N–H and O–H groups in total. The van der Waals surface area contributed by atoms with Gasteiger partial charge in [-0.05, 0) is 26.0 Å². The number of morpholine rings is 1. The number of carbonyl (C=O) groups is 1. The lowest BCUT2D eigenvalue weighted by Crippen LogP contribution is -2.59. The molecular formula is C16H21N3O4. The second kappa shape index (κ2) is 6.25. The van der Waals surface area contributed by atoms with Crippen LogP contribution in [0.3, 0.4) is 0 Å². The van der Waals surface area contributed by atoms with Crippen LogP contribution >= 0.6 is 0 Å². The number of piperidine rings is 1. The summed E-state index contributed by atoms with van der Waals surface area (Å²) in [7, 11) is 2.06. The van der Waals surface area contributed by atoms with Crippen molar-refractivity contribution in [2.75, 3.05) is 39.8 Å². The summed E-state index contributed by atoms with van der Waals surface area (Å²) in [6.45, 7) is 3.59. The number of likely N-dealkylation sites (N-methyl/N-ethyl adjacent to an activating group) is 1. The van der Waals surface area contributed by atoms with Crippen LogP contribution < -0.4 is 0 Å². The van der Waals surface area contributed by atoms with Gasteiger partial charge in [0, 0.05) is 37.3 Å². The molecule has 1 amide bonds. The molecule has 2 aliphatic rings. The number of likely N-dealkylation sites (tertiary alicyclic amines) is 1. The Labute approximate surface area is 135 Å². The Balaban J connectivity index is 1.77. The molecule has 124 valence electrons. The maximum absolute atomic E-state index is 12.7. The number of amides is 1. The first-order chi connectivity index (χ1) is 11.0. The van der Waals surface area contributed by atoms with E-state index in [2.05, 4.69) is 11.9 Å². The Morgan fingerprint density at radius 3 is 2.91 bits per heavy atom. The molecule has 1 atom stereocenters. The van der Waals surface area contributed by atoms with Crippen molar-refractivity contribution in [2.24, 2.45) is 0 Å². The first-order valence-corrected chi connectivity index (χ1v) is 7.85. The summed E-state index contributed by atoms with van der Waals surface area (Å²) in [6, 6.07) is 5.92. The highest BCUT2D eigenvalue weighted by Crippen LogP contribution is 2.29. The molecular weight excluding hydrogens is 298 g/mol. The Bertz CT molecular complexity index is 617. The molecule has 23 heavy (non-hydrogen) atoms. The van der Waals surface area contributed by atoms with Crippen molar-refractivity contribution in [2.45, 2.75) is 18.4 Å². The van der Waals surface area contributed by atoms with E-state index in [1.807, 2.05) is 0 Å². The van der Waals surface area contributed by atoms with Gasteiger partial charge in [-0.3, -0.25) is 14.9 Å². The van der Waals surface area contributed by atoms with Crippen molar-refractivity contribution >= 4 is 11.6 Å². The highest BCUT2D eigenvalue weighted by molar-refractivity contribution is 5.95. The lowest BCUT2D eigenvalue weighted by atomic mass is 9.90. The number of rotatable bonds is 2. The van der Waals surface area contributed by atoms with Gasteiger partial charge in [0.25, 0.3) is 11.6 Å². The predicted molar refractivity (Wildman–Crippen MR) is 84.4 cm³/mol. The van der Waals surface area contributed by atoms with Gasteiger partial charge in [0.15, 0.2) is 0 Å². The Morgan fingerprint density at radius 1 is 1.35 bits per heavy atom. The van der Waals surface area contributed by atoms with Crippen LogP contribution in [-0.2, 0) is 4.74 Å². The quantitative estimate of drug-likeness (QED) is 0.610.